The van der Waals surface area contributed by atoms with E-state index in [0.717, 1.165) is 0 Å². The molecule has 1 atom stereocenters. The maximum absolute atomic E-state index is 11.2. The van der Waals surface area contributed by atoms with Crippen molar-refractivity contribution in [2.75, 3.05) is 18.1 Å². The van der Waals surface area contributed by atoms with E-state index in [2.05, 4.69) is 6.58 Å². The van der Waals surface area contributed by atoms with E-state index < -0.39 is 9.84 Å². The molecule has 0 saturated carbocycles. The average molecular weight is 205 g/mol. The molecule has 4 heteroatoms. The summed E-state index contributed by atoms with van der Waals surface area (Å²) in [4.78, 5) is 0. The Hall–Kier alpha value is -0.350. The zero-order valence-electron chi connectivity index (χ0n) is 8.41. The van der Waals surface area contributed by atoms with Gasteiger partial charge >= 0.3 is 0 Å². The van der Waals surface area contributed by atoms with Gasteiger partial charge in [-0.3, -0.25) is 0 Å². The SMILES string of the molecule is C=CC(C)(CN)CCS(=O)(=O)CC. The van der Waals surface area contributed by atoms with Crippen molar-refractivity contribution in [1.82, 2.24) is 0 Å². The first-order valence-electron chi connectivity index (χ1n) is 4.43. The van der Waals surface area contributed by atoms with Gasteiger partial charge in [-0.2, -0.15) is 0 Å². The third-order valence-corrected chi connectivity index (χ3v) is 4.09. The third kappa shape index (κ3) is 4.43. The highest BCUT2D eigenvalue weighted by molar-refractivity contribution is 7.91. The highest BCUT2D eigenvalue weighted by Gasteiger charge is 2.21. The minimum atomic E-state index is -2.88. The summed E-state index contributed by atoms with van der Waals surface area (Å²) in [5.74, 6) is 0.397. The normalized spacial score (nSPS) is 16.5. The van der Waals surface area contributed by atoms with Crippen LogP contribution in [0.15, 0.2) is 12.7 Å². The zero-order chi connectivity index (χ0) is 10.5. The van der Waals surface area contributed by atoms with E-state index >= 15 is 0 Å². The molecule has 0 amide bonds. The highest BCUT2D eigenvalue weighted by Crippen LogP contribution is 2.21. The first kappa shape index (κ1) is 12.7. The molecule has 0 bridgehead atoms. The van der Waals surface area contributed by atoms with Crippen molar-refractivity contribution in [1.29, 1.82) is 0 Å². The number of sulfone groups is 1. The lowest BCUT2D eigenvalue weighted by molar-refractivity contribution is 0.424. The Bertz CT molecular complexity index is 259. The summed E-state index contributed by atoms with van der Waals surface area (Å²) >= 11 is 0. The summed E-state index contributed by atoms with van der Waals surface area (Å²) in [7, 11) is -2.88. The predicted molar refractivity (Wildman–Crippen MR) is 56.3 cm³/mol. The second kappa shape index (κ2) is 4.77. The van der Waals surface area contributed by atoms with E-state index in [-0.39, 0.29) is 16.9 Å². The van der Waals surface area contributed by atoms with Crippen LogP contribution in [0.2, 0.25) is 0 Å². The molecule has 0 aromatic carbocycles. The van der Waals surface area contributed by atoms with E-state index in [1.807, 2.05) is 6.92 Å². The van der Waals surface area contributed by atoms with E-state index in [9.17, 15) is 8.42 Å². The van der Waals surface area contributed by atoms with Gasteiger partial charge in [-0.15, -0.1) is 6.58 Å². The van der Waals surface area contributed by atoms with Crippen LogP contribution in [0.5, 0.6) is 0 Å². The van der Waals surface area contributed by atoms with Gasteiger partial charge in [0.25, 0.3) is 0 Å². The van der Waals surface area contributed by atoms with Crippen LogP contribution >= 0.6 is 0 Å². The molecule has 0 aliphatic carbocycles. The van der Waals surface area contributed by atoms with E-state index in [0.29, 0.717) is 13.0 Å². The molecule has 0 radical (unpaired) electrons. The summed E-state index contributed by atoms with van der Waals surface area (Å²) in [6.07, 6.45) is 2.29. The van der Waals surface area contributed by atoms with E-state index in [1.54, 1.807) is 13.0 Å². The summed E-state index contributed by atoms with van der Waals surface area (Å²) in [5.41, 5.74) is 5.27. The number of nitrogens with two attached hydrogens (primary N) is 1. The van der Waals surface area contributed by atoms with Crippen LogP contribution < -0.4 is 5.73 Å². The van der Waals surface area contributed by atoms with Gasteiger partial charge in [0.05, 0.1) is 5.75 Å². The lowest BCUT2D eigenvalue weighted by atomic mass is 9.88. The Morgan fingerprint density at radius 1 is 1.54 bits per heavy atom. The Balaban J connectivity index is 4.23. The topological polar surface area (TPSA) is 60.2 Å². The minimum absolute atomic E-state index is 0.198. The number of hydrogen-bond donors (Lipinski definition) is 1. The molecule has 0 fully saturated rings. The Morgan fingerprint density at radius 2 is 2.08 bits per heavy atom. The van der Waals surface area contributed by atoms with Gasteiger partial charge in [0, 0.05) is 12.3 Å². The Labute approximate surface area is 80.9 Å². The first-order valence-corrected chi connectivity index (χ1v) is 6.25. The van der Waals surface area contributed by atoms with Crippen LogP contribution in [0.3, 0.4) is 0 Å². The fraction of sp³-hybridized carbons (Fsp3) is 0.778. The molecular weight excluding hydrogens is 186 g/mol. The maximum atomic E-state index is 11.2. The van der Waals surface area contributed by atoms with Crippen LogP contribution in [0.25, 0.3) is 0 Å². The van der Waals surface area contributed by atoms with Crippen molar-refractivity contribution in [3.05, 3.63) is 12.7 Å². The van der Waals surface area contributed by atoms with Gasteiger partial charge in [0.2, 0.25) is 0 Å². The zero-order valence-corrected chi connectivity index (χ0v) is 9.23. The molecule has 0 rings (SSSR count). The maximum Gasteiger partial charge on any atom is 0.150 e. The number of hydrogen-bond acceptors (Lipinski definition) is 3. The van der Waals surface area contributed by atoms with Crippen molar-refractivity contribution < 1.29 is 8.42 Å². The largest absolute Gasteiger partial charge is 0.330 e. The summed E-state index contributed by atoms with van der Waals surface area (Å²) in [6.45, 7) is 7.67. The molecule has 0 aliphatic rings. The van der Waals surface area contributed by atoms with Gasteiger partial charge in [0.15, 0.2) is 0 Å². The lowest BCUT2D eigenvalue weighted by Gasteiger charge is -2.22. The minimum Gasteiger partial charge on any atom is -0.330 e. The van der Waals surface area contributed by atoms with Gasteiger partial charge in [0.1, 0.15) is 9.84 Å². The Kier molecular flexibility index (Phi) is 4.64. The molecule has 0 aromatic rings. The standard InChI is InChI=1S/C9H19NO2S/c1-4-9(3,8-10)6-7-13(11,12)5-2/h4H,1,5-8,10H2,2-3H3. The van der Waals surface area contributed by atoms with Gasteiger partial charge < -0.3 is 5.73 Å². The molecule has 0 saturated heterocycles. The van der Waals surface area contributed by atoms with Crippen molar-refractivity contribution in [2.24, 2.45) is 11.1 Å². The summed E-state index contributed by atoms with van der Waals surface area (Å²) < 4.78 is 22.4. The second-order valence-corrected chi connectivity index (χ2v) is 6.02. The quantitative estimate of drug-likeness (QED) is 0.657. The molecule has 0 aromatic heterocycles. The van der Waals surface area contributed by atoms with Crippen molar-refractivity contribution in [3.8, 4) is 0 Å². The van der Waals surface area contributed by atoms with Crippen LogP contribution in [-0.2, 0) is 9.84 Å². The first-order chi connectivity index (χ1) is 5.89. The average Bonchev–Trinajstić information content (AvgIpc) is 2.14. The second-order valence-electron chi connectivity index (χ2n) is 3.55. The molecule has 78 valence electrons. The summed E-state index contributed by atoms with van der Waals surface area (Å²) in [5, 5.41) is 0. The Morgan fingerprint density at radius 3 is 2.38 bits per heavy atom. The van der Waals surface area contributed by atoms with Crippen LogP contribution in [0.4, 0.5) is 0 Å². The summed E-state index contributed by atoms with van der Waals surface area (Å²) in [6, 6.07) is 0. The molecule has 3 nitrogen and oxygen atoms in total. The smallest absolute Gasteiger partial charge is 0.150 e. The third-order valence-electron chi connectivity index (χ3n) is 2.38. The molecule has 0 spiro atoms. The van der Waals surface area contributed by atoms with Crippen molar-refractivity contribution in [3.63, 3.8) is 0 Å². The molecule has 1 unspecified atom stereocenters. The van der Waals surface area contributed by atoms with Gasteiger partial charge in [-0.25, -0.2) is 8.42 Å². The van der Waals surface area contributed by atoms with Crippen LogP contribution in [0.1, 0.15) is 20.3 Å². The molecule has 0 aliphatic heterocycles. The van der Waals surface area contributed by atoms with E-state index in [4.69, 9.17) is 5.73 Å². The monoisotopic (exact) mass is 205 g/mol. The molecule has 2 N–H and O–H groups in total. The molecule has 0 heterocycles. The molecular formula is C9H19NO2S. The highest BCUT2D eigenvalue weighted by atomic mass is 32.2. The fourth-order valence-corrected chi connectivity index (χ4v) is 1.89. The fourth-order valence-electron chi connectivity index (χ4n) is 0.820. The molecule has 13 heavy (non-hydrogen) atoms. The van der Waals surface area contributed by atoms with E-state index in [1.165, 1.54) is 0 Å². The van der Waals surface area contributed by atoms with Crippen molar-refractivity contribution in [2.45, 2.75) is 20.3 Å². The van der Waals surface area contributed by atoms with Gasteiger partial charge in [-0.05, 0) is 11.8 Å². The van der Waals surface area contributed by atoms with Gasteiger partial charge in [-0.1, -0.05) is 19.9 Å². The number of rotatable bonds is 6. The van der Waals surface area contributed by atoms with Crippen molar-refractivity contribution >= 4 is 9.84 Å². The predicted octanol–water partition coefficient (Wildman–Crippen LogP) is 0.962. The lowest BCUT2D eigenvalue weighted by Crippen LogP contribution is -2.27. The van der Waals surface area contributed by atoms with Crippen LogP contribution in [0, 0.1) is 5.41 Å². The van der Waals surface area contributed by atoms with Crippen LogP contribution in [-0.4, -0.2) is 26.5 Å².